The molecule has 0 radical (unpaired) electrons. The second kappa shape index (κ2) is 7.64. The zero-order chi connectivity index (χ0) is 22.5. The third-order valence-electron chi connectivity index (χ3n) is 6.61. The Balaban J connectivity index is 1.47. The molecule has 32 heavy (non-hydrogen) atoms. The summed E-state index contributed by atoms with van der Waals surface area (Å²) in [5.74, 6) is 1.50. The molecule has 0 bridgehead atoms. The molecule has 5 rings (SSSR count). The standard InChI is InChI=1S/C24H26N2O5S/c1-16-4-7-19(8-5-16)32(27,28)31-25-18-10-11-24-12-13-26(2)15-17-6-9-20(29-3)23(22(17)24)30-21(24)14-18/h4-11,21H,12-15H2,1-3H3/b25-18+. The van der Waals surface area contributed by atoms with E-state index in [-0.39, 0.29) is 16.4 Å². The Labute approximate surface area is 188 Å². The van der Waals surface area contributed by atoms with Crippen molar-refractivity contribution in [3.63, 3.8) is 0 Å². The van der Waals surface area contributed by atoms with Crippen LogP contribution in [-0.4, -0.2) is 45.8 Å². The molecular weight excluding hydrogens is 428 g/mol. The topological polar surface area (TPSA) is 77.4 Å². The number of methoxy groups -OCH3 is 1. The van der Waals surface area contributed by atoms with E-state index in [1.807, 2.05) is 19.1 Å². The summed E-state index contributed by atoms with van der Waals surface area (Å²) in [4.78, 5) is 2.38. The highest BCUT2D eigenvalue weighted by molar-refractivity contribution is 7.86. The summed E-state index contributed by atoms with van der Waals surface area (Å²) in [6.45, 7) is 3.66. The van der Waals surface area contributed by atoms with Gasteiger partial charge in [0.2, 0.25) is 0 Å². The molecule has 3 aliphatic rings. The van der Waals surface area contributed by atoms with Crippen LogP contribution in [0, 0.1) is 6.92 Å². The molecule has 2 unspecified atom stereocenters. The monoisotopic (exact) mass is 454 g/mol. The third kappa shape index (κ3) is 3.38. The molecule has 1 aliphatic carbocycles. The summed E-state index contributed by atoms with van der Waals surface area (Å²) < 4.78 is 42.1. The van der Waals surface area contributed by atoms with E-state index in [9.17, 15) is 8.42 Å². The molecule has 2 heterocycles. The predicted octanol–water partition coefficient (Wildman–Crippen LogP) is 3.56. The van der Waals surface area contributed by atoms with Gasteiger partial charge in [-0.1, -0.05) is 35.0 Å². The van der Waals surface area contributed by atoms with Crippen molar-refractivity contribution >= 4 is 15.8 Å². The maximum Gasteiger partial charge on any atom is 0.358 e. The summed E-state index contributed by atoms with van der Waals surface area (Å²) in [5, 5.41) is 3.98. The first-order valence-electron chi connectivity index (χ1n) is 10.6. The molecule has 2 aromatic rings. The molecule has 0 N–H and O–H groups in total. The average molecular weight is 455 g/mol. The predicted molar refractivity (Wildman–Crippen MR) is 121 cm³/mol. The van der Waals surface area contributed by atoms with Crippen LogP contribution >= 0.6 is 0 Å². The minimum Gasteiger partial charge on any atom is -0.493 e. The molecule has 168 valence electrons. The summed E-state index contributed by atoms with van der Waals surface area (Å²) in [6.07, 6.45) is 5.12. The van der Waals surface area contributed by atoms with Crippen molar-refractivity contribution < 1.29 is 22.2 Å². The van der Waals surface area contributed by atoms with Gasteiger partial charge in [-0.2, -0.15) is 8.42 Å². The van der Waals surface area contributed by atoms with Crippen molar-refractivity contribution in [3.05, 3.63) is 65.2 Å². The maximum absolute atomic E-state index is 12.5. The molecule has 2 aliphatic heterocycles. The first-order chi connectivity index (χ1) is 15.3. The second-order valence-electron chi connectivity index (χ2n) is 8.73. The number of nitrogens with zero attached hydrogens (tertiary/aromatic N) is 2. The Morgan fingerprint density at radius 3 is 2.72 bits per heavy atom. The highest BCUT2D eigenvalue weighted by Gasteiger charge is 2.52. The van der Waals surface area contributed by atoms with Crippen LogP contribution in [0.15, 0.2) is 58.6 Å². The van der Waals surface area contributed by atoms with Crippen LogP contribution in [0.25, 0.3) is 0 Å². The van der Waals surface area contributed by atoms with E-state index >= 15 is 0 Å². The number of hydrogen-bond acceptors (Lipinski definition) is 7. The van der Waals surface area contributed by atoms with Crippen LogP contribution in [-0.2, 0) is 26.4 Å². The Hall–Kier alpha value is -2.84. The number of hydrogen-bond donors (Lipinski definition) is 0. The molecule has 2 aromatic carbocycles. The highest BCUT2D eigenvalue weighted by Crippen LogP contribution is 2.55. The Kier molecular flexibility index (Phi) is 5.02. The van der Waals surface area contributed by atoms with Gasteiger partial charge in [-0.05, 0) is 56.8 Å². The van der Waals surface area contributed by atoms with Crippen molar-refractivity contribution in [2.24, 2.45) is 5.16 Å². The summed E-state index contributed by atoms with van der Waals surface area (Å²) in [7, 11) is -0.218. The van der Waals surface area contributed by atoms with Crippen molar-refractivity contribution in [1.29, 1.82) is 0 Å². The van der Waals surface area contributed by atoms with Gasteiger partial charge < -0.3 is 14.4 Å². The molecule has 0 amide bonds. The summed E-state index contributed by atoms with van der Waals surface area (Å²) in [5.41, 5.74) is 3.61. The molecule has 0 saturated carbocycles. The molecule has 2 atom stereocenters. The Morgan fingerprint density at radius 2 is 1.97 bits per heavy atom. The lowest BCUT2D eigenvalue weighted by atomic mass is 9.69. The first kappa shape index (κ1) is 21.0. The molecule has 0 fully saturated rings. The SMILES string of the molecule is COc1ccc2c3c1OC1C/C(=N/OS(=O)(=O)c4ccc(C)cc4)C=CC31CCN(C)C2. The lowest BCUT2D eigenvalue weighted by molar-refractivity contribution is 0.157. The van der Waals surface area contributed by atoms with E-state index in [0.29, 0.717) is 17.9 Å². The van der Waals surface area contributed by atoms with Crippen molar-refractivity contribution in [3.8, 4) is 11.5 Å². The molecule has 0 saturated heterocycles. The summed E-state index contributed by atoms with van der Waals surface area (Å²) in [6, 6.07) is 10.6. The number of oxime groups is 1. The zero-order valence-corrected chi connectivity index (χ0v) is 19.2. The minimum absolute atomic E-state index is 0.0782. The van der Waals surface area contributed by atoms with Crippen LogP contribution in [0.3, 0.4) is 0 Å². The normalized spacial score (nSPS) is 25.6. The Bertz CT molecular complexity index is 1220. The quantitative estimate of drug-likeness (QED) is 0.658. The van der Waals surface area contributed by atoms with Gasteiger partial charge in [-0.25, -0.2) is 0 Å². The van der Waals surface area contributed by atoms with E-state index in [2.05, 4.69) is 29.2 Å². The zero-order valence-electron chi connectivity index (χ0n) is 18.4. The number of aryl methyl sites for hydroxylation is 1. The van der Waals surface area contributed by atoms with E-state index in [1.54, 1.807) is 19.2 Å². The molecule has 0 aromatic heterocycles. The first-order valence-corrected chi connectivity index (χ1v) is 12.1. The molecule has 1 spiro atoms. The fraction of sp³-hybridized carbons (Fsp3) is 0.375. The fourth-order valence-corrected chi connectivity index (χ4v) is 5.63. The number of rotatable bonds is 4. The minimum atomic E-state index is -3.98. The van der Waals surface area contributed by atoms with E-state index in [4.69, 9.17) is 13.8 Å². The third-order valence-corrected chi connectivity index (χ3v) is 7.73. The number of allylic oxidation sites excluding steroid dienone is 1. The van der Waals surface area contributed by atoms with Gasteiger partial charge in [0.15, 0.2) is 11.5 Å². The largest absolute Gasteiger partial charge is 0.493 e. The van der Waals surface area contributed by atoms with Gasteiger partial charge >= 0.3 is 10.1 Å². The van der Waals surface area contributed by atoms with Gasteiger partial charge in [-0.3, -0.25) is 4.28 Å². The Morgan fingerprint density at radius 1 is 1.19 bits per heavy atom. The van der Waals surface area contributed by atoms with Crippen LogP contribution < -0.4 is 9.47 Å². The van der Waals surface area contributed by atoms with Gasteiger partial charge in [0.1, 0.15) is 11.0 Å². The van der Waals surface area contributed by atoms with Crippen LogP contribution in [0.5, 0.6) is 11.5 Å². The highest BCUT2D eigenvalue weighted by atomic mass is 32.2. The summed E-state index contributed by atoms with van der Waals surface area (Å²) >= 11 is 0. The lowest BCUT2D eigenvalue weighted by Gasteiger charge is -2.34. The smallest absolute Gasteiger partial charge is 0.358 e. The van der Waals surface area contributed by atoms with Crippen molar-refractivity contribution in [2.45, 2.75) is 42.7 Å². The van der Waals surface area contributed by atoms with E-state index in [0.717, 1.165) is 30.8 Å². The van der Waals surface area contributed by atoms with Crippen LogP contribution in [0.2, 0.25) is 0 Å². The molecular formula is C24H26N2O5S. The number of benzene rings is 2. The number of ether oxygens (including phenoxy) is 2. The van der Waals surface area contributed by atoms with Gasteiger partial charge in [0.25, 0.3) is 0 Å². The van der Waals surface area contributed by atoms with E-state index < -0.39 is 10.1 Å². The lowest BCUT2D eigenvalue weighted by Crippen LogP contribution is -2.41. The molecule has 7 nitrogen and oxygen atoms in total. The van der Waals surface area contributed by atoms with E-state index in [1.165, 1.54) is 23.3 Å². The van der Waals surface area contributed by atoms with Crippen LogP contribution in [0.4, 0.5) is 0 Å². The maximum atomic E-state index is 12.5. The van der Waals surface area contributed by atoms with Gasteiger partial charge in [-0.15, -0.1) is 0 Å². The molecule has 8 heteroatoms. The van der Waals surface area contributed by atoms with Crippen molar-refractivity contribution in [2.75, 3.05) is 20.7 Å². The average Bonchev–Trinajstić information content (AvgIpc) is 3.04. The van der Waals surface area contributed by atoms with Crippen LogP contribution in [0.1, 0.15) is 29.5 Å². The van der Waals surface area contributed by atoms with Crippen molar-refractivity contribution in [1.82, 2.24) is 4.90 Å². The van der Waals surface area contributed by atoms with Gasteiger partial charge in [0, 0.05) is 18.5 Å². The fourth-order valence-electron chi connectivity index (χ4n) is 4.88. The second-order valence-corrected chi connectivity index (χ2v) is 10.3. The van der Waals surface area contributed by atoms with Gasteiger partial charge in [0.05, 0.1) is 18.2 Å².